The van der Waals surface area contributed by atoms with Crippen molar-refractivity contribution in [2.75, 3.05) is 0 Å². The van der Waals surface area contributed by atoms with Crippen molar-refractivity contribution in [1.82, 2.24) is 9.96 Å². The summed E-state index contributed by atoms with van der Waals surface area (Å²) in [7, 11) is 0. The highest BCUT2D eigenvalue weighted by molar-refractivity contribution is 6.07. The van der Waals surface area contributed by atoms with Crippen molar-refractivity contribution < 1.29 is 19.5 Å². The first-order valence-electron chi connectivity index (χ1n) is 9.91. The van der Waals surface area contributed by atoms with Gasteiger partial charge in [-0.2, -0.15) is 5.06 Å². The van der Waals surface area contributed by atoms with Gasteiger partial charge in [0.05, 0.1) is 12.0 Å². The van der Waals surface area contributed by atoms with Crippen LogP contribution in [-0.2, 0) is 14.4 Å². The van der Waals surface area contributed by atoms with E-state index in [9.17, 15) is 14.7 Å². The lowest BCUT2D eigenvalue weighted by Gasteiger charge is -2.38. The maximum Gasteiger partial charge on any atom is 0.261 e. The van der Waals surface area contributed by atoms with E-state index in [4.69, 9.17) is 4.84 Å². The zero-order valence-corrected chi connectivity index (χ0v) is 16.2. The van der Waals surface area contributed by atoms with Crippen LogP contribution in [-0.4, -0.2) is 44.6 Å². The number of hydrogen-bond acceptors (Lipinski definition) is 5. The van der Waals surface area contributed by atoms with Crippen LogP contribution in [0.1, 0.15) is 64.5 Å². The first-order valence-corrected chi connectivity index (χ1v) is 9.91. The number of hydrogen-bond donors (Lipinski definition) is 1. The molecular weight excluding hydrogens is 344 g/mol. The fraction of sp³-hybridized carbons (Fsp3) is 0.619. The highest BCUT2D eigenvalue weighted by Crippen LogP contribution is 2.48. The Bertz CT molecular complexity index is 734. The van der Waals surface area contributed by atoms with Crippen LogP contribution in [0.4, 0.5) is 0 Å². The number of imide groups is 1. The van der Waals surface area contributed by atoms with Gasteiger partial charge < -0.3 is 5.11 Å². The summed E-state index contributed by atoms with van der Waals surface area (Å²) in [6.07, 6.45) is 4.33. The second-order valence-electron chi connectivity index (χ2n) is 8.92. The number of likely N-dealkylation sites (tertiary alicyclic amines) is 1. The monoisotopic (exact) mass is 372 g/mol. The van der Waals surface area contributed by atoms with Gasteiger partial charge >= 0.3 is 0 Å². The van der Waals surface area contributed by atoms with E-state index in [0.717, 1.165) is 31.2 Å². The molecule has 1 aromatic carbocycles. The van der Waals surface area contributed by atoms with Gasteiger partial charge in [-0.05, 0) is 51.3 Å². The van der Waals surface area contributed by atoms with Crippen LogP contribution in [0.5, 0.6) is 5.75 Å². The lowest BCUT2D eigenvalue weighted by atomic mass is 9.88. The van der Waals surface area contributed by atoms with Gasteiger partial charge in [-0.1, -0.05) is 31.4 Å². The highest BCUT2D eigenvalue weighted by Gasteiger charge is 2.62. The molecule has 1 N–H and O–H groups in total. The summed E-state index contributed by atoms with van der Waals surface area (Å²) >= 11 is 0. The maximum absolute atomic E-state index is 13.4. The van der Waals surface area contributed by atoms with Gasteiger partial charge in [-0.15, -0.1) is 0 Å². The molecule has 2 aliphatic heterocycles. The topological polar surface area (TPSA) is 70.1 Å². The molecule has 3 atom stereocenters. The third-order valence-electron chi connectivity index (χ3n) is 5.99. The van der Waals surface area contributed by atoms with Crippen molar-refractivity contribution in [3.8, 4) is 5.75 Å². The first kappa shape index (κ1) is 18.4. The second kappa shape index (κ2) is 6.60. The molecule has 0 bridgehead atoms. The van der Waals surface area contributed by atoms with E-state index in [-0.39, 0.29) is 35.2 Å². The predicted octanol–water partition coefficient (Wildman–Crippen LogP) is 3.17. The first-order chi connectivity index (χ1) is 12.8. The van der Waals surface area contributed by atoms with Crippen LogP contribution >= 0.6 is 0 Å². The molecule has 3 aliphatic rings. The number of amides is 2. The Labute approximate surface area is 160 Å². The third kappa shape index (κ3) is 3.05. The van der Waals surface area contributed by atoms with E-state index in [0.29, 0.717) is 0 Å². The average molecular weight is 372 g/mol. The van der Waals surface area contributed by atoms with Gasteiger partial charge in [-0.3, -0.25) is 19.3 Å². The summed E-state index contributed by atoms with van der Waals surface area (Å²) in [5, 5.41) is 11.4. The average Bonchev–Trinajstić information content (AvgIpc) is 3.14. The number of hydroxylamine groups is 2. The summed E-state index contributed by atoms with van der Waals surface area (Å²) in [5.74, 6) is -0.661. The largest absolute Gasteiger partial charge is 0.508 e. The molecule has 1 aromatic rings. The van der Waals surface area contributed by atoms with E-state index < -0.39 is 12.0 Å². The maximum atomic E-state index is 13.4. The minimum atomic E-state index is -0.752. The number of phenols is 1. The third-order valence-corrected chi connectivity index (χ3v) is 5.99. The van der Waals surface area contributed by atoms with Gasteiger partial charge in [0, 0.05) is 11.6 Å². The molecule has 0 aromatic heterocycles. The fourth-order valence-electron chi connectivity index (χ4n) is 4.72. The molecule has 1 saturated carbocycles. The standard InChI is InChI=1S/C21H28N2O4/c1-21(2,3)23-17(13-9-11-15(24)12-10-13)16-18(27-23)20(26)22(19(16)25)14-7-5-4-6-8-14/h9-12,14,16-18,24H,4-8H2,1-3H3. The van der Waals surface area contributed by atoms with Crippen molar-refractivity contribution in [3.63, 3.8) is 0 Å². The number of fused-ring (bicyclic) bond motifs is 1. The van der Waals surface area contributed by atoms with Crippen LogP contribution < -0.4 is 0 Å². The Morgan fingerprint density at radius 3 is 2.22 bits per heavy atom. The second-order valence-corrected chi connectivity index (χ2v) is 8.92. The minimum absolute atomic E-state index is 0.0107. The molecule has 2 amide bonds. The molecule has 6 nitrogen and oxygen atoms in total. The number of carbonyl (C=O) groups excluding carboxylic acids is 2. The van der Waals surface area contributed by atoms with E-state index in [1.807, 2.05) is 32.9 Å². The van der Waals surface area contributed by atoms with E-state index in [1.165, 1.54) is 11.3 Å². The number of aromatic hydroxyl groups is 1. The van der Waals surface area contributed by atoms with Crippen molar-refractivity contribution in [1.29, 1.82) is 0 Å². The summed E-state index contributed by atoms with van der Waals surface area (Å²) in [5.41, 5.74) is 0.505. The lowest BCUT2D eigenvalue weighted by molar-refractivity contribution is -0.216. The molecule has 0 radical (unpaired) electrons. The Kier molecular flexibility index (Phi) is 4.51. The number of carbonyl (C=O) groups is 2. The van der Waals surface area contributed by atoms with Crippen molar-refractivity contribution in [2.45, 2.75) is 76.6 Å². The van der Waals surface area contributed by atoms with E-state index in [1.54, 1.807) is 17.2 Å². The quantitative estimate of drug-likeness (QED) is 0.808. The number of rotatable bonds is 2. The van der Waals surface area contributed by atoms with Crippen molar-refractivity contribution >= 4 is 11.8 Å². The van der Waals surface area contributed by atoms with Gasteiger partial charge in [0.25, 0.3) is 5.91 Å². The number of phenolic OH excluding ortho intramolecular Hbond substituents is 1. The van der Waals surface area contributed by atoms with E-state index in [2.05, 4.69) is 0 Å². The molecule has 0 spiro atoms. The van der Waals surface area contributed by atoms with Gasteiger partial charge in [0.1, 0.15) is 5.75 Å². The van der Waals surface area contributed by atoms with E-state index >= 15 is 0 Å². The summed E-state index contributed by atoms with van der Waals surface area (Å²) in [6.45, 7) is 6.03. The van der Waals surface area contributed by atoms with Crippen molar-refractivity contribution in [2.24, 2.45) is 5.92 Å². The Hall–Kier alpha value is -1.92. The zero-order valence-electron chi connectivity index (χ0n) is 16.2. The Morgan fingerprint density at radius 1 is 1.00 bits per heavy atom. The fourth-order valence-corrected chi connectivity index (χ4v) is 4.72. The Morgan fingerprint density at radius 2 is 1.63 bits per heavy atom. The lowest BCUT2D eigenvalue weighted by Crippen LogP contribution is -2.47. The number of benzene rings is 1. The smallest absolute Gasteiger partial charge is 0.261 e. The molecule has 2 heterocycles. The zero-order chi connectivity index (χ0) is 19.3. The molecular formula is C21H28N2O4. The number of nitrogens with zero attached hydrogens (tertiary/aromatic N) is 2. The summed E-state index contributed by atoms with van der Waals surface area (Å²) in [6, 6.07) is 6.52. The minimum Gasteiger partial charge on any atom is -0.508 e. The van der Waals surface area contributed by atoms with Crippen LogP contribution in [0.2, 0.25) is 0 Å². The molecule has 3 fully saturated rings. The van der Waals surface area contributed by atoms with Gasteiger partial charge in [0.15, 0.2) is 6.10 Å². The molecule has 146 valence electrons. The molecule has 4 rings (SSSR count). The van der Waals surface area contributed by atoms with Crippen LogP contribution in [0.15, 0.2) is 24.3 Å². The molecule has 6 heteroatoms. The van der Waals surface area contributed by atoms with Crippen LogP contribution in [0.25, 0.3) is 0 Å². The molecule has 3 unspecified atom stereocenters. The van der Waals surface area contributed by atoms with Gasteiger partial charge in [0.2, 0.25) is 5.91 Å². The Balaban J connectivity index is 1.70. The van der Waals surface area contributed by atoms with Crippen LogP contribution in [0, 0.1) is 5.92 Å². The van der Waals surface area contributed by atoms with Gasteiger partial charge in [-0.25, -0.2) is 0 Å². The summed E-state index contributed by atoms with van der Waals surface area (Å²) in [4.78, 5) is 34.1. The SMILES string of the molecule is CC(C)(C)N1OC2C(=O)N(C3CCCCC3)C(=O)C2C1c1ccc(O)cc1. The molecule has 1 aliphatic carbocycles. The summed E-state index contributed by atoms with van der Waals surface area (Å²) < 4.78 is 0. The normalized spacial score (nSPS) is 30.2. The van der Waals surface area contributed by atoms with Crippen molar-refractivity contribution in [3.05, 3.63) is 29.8 Å². The van der Waals surface area contributed by atoms with Crippen LogP contribution in [0.3, 0.4) is 0 Å². The molecule has 2 saturated heterocycles. The highest BCUT2D eigenvalue weighted by atomic mass is 16.7. The molecule has 27 heavy (non-hydrogen) atoms. The predicted molar refractivity (Wildman–Crippen MR) is 99.5 cm³/mol.